The van der Waals surface area contributed by atoms with E-state index in [-0.39, 0.29) is 11.7 Å². The van der Waals surface area contributed by atoms with Crippen molar-refractivity contribution >= 4 is 27.5 Å². The van der Waals surface area contributed by atoms with Gasteiger partial charge >= 0.3 is 0 Å². The van der Waals surface area contributed by atoms with E-state index < -0.39 is 0 Å². The van der Waals surface area contributed by atoms with Crippen LogP contribution in [0.4, 0.5) is 5.69 Å². The summed E-state index contributed by atoms with van der Waals surface area (Å²) >= 11 is 3.40. The molecule has 0 saturated carbocycles. The van der Waals surface area contributed by atoms with Crippen molar-refractivity contribution in [3.63, 3.8) is 0 Å². The van der Waals surface area contributed by atoms with Gasteiger partial charge in [0.25, 0.3) is 5.91 Å². The van der Waals surface area contributed by atoms with Crippen molar-refractivity contribution in [2.45, 2.75) is 6.92 Å². The lowest BCUT2D eigenvalue weighted by Gasteiger charge is -2.07. The molecule has 0 fully saturated rings. The van der Waals surface area contributed by atoms with Gasteiger partial charge < -0.3 is 15.2 Å². The number of benzene rings is 1. The molecule has 2 rings (SSSR count). The van der Waals surface area contributed by atoms with Gasteiger partial charge in [-0.1, -0.05) is 27.2 Å². The summed E-state index contributed by atoms with van der Waals surface area (Å²) < 4.78 is 5.88. The summed E-state index contributed by atoms with van der Waals surface area (Å²) in [6.07, 6.45) is 0. The normalized spacial score (nSPS) is 10.2. The lowest BCUT2D eigenvalue weighted by molar-refractivity contribution is 0.0918. The summed E-state index contributed by atoms with van der Waals surface area (Å²) in [6.45, 7) is 2.91. The topological polar surface area (TPSA) is 67.2 Å². The molecule has 5 nitrogen and oxygen atoms in total. The fraction of sp³-hybridized carbons (Fsp3) is 0.231. The highest BCUT2D eigenvalue weighted by Crippen LogP contribution is 2.15. The van der Waals surface area contributed by atoms with E-state index in [1.54, 1.807) is 13.0 Å². The molecule has 0 aliphatic heterocycles. The van der Waals surface area contributed by atoms with Crippen LogP contribution in [0, 0.1) is 6.92 Å². The second kappa shape index (κ2) is 6.38. The minimum Gasteiger partial charge on any atom is -0.383 e. The van der Waals surface area contributed by atoms with E-state index in [9.17, 15) is 4.79 Å². The Kier molecular flexibility index (Phi) is 4.57. The van der Waals surface area contributed by atoms with Gasteiger partial charge in [-0.15, -0.1) is 0 Å². The zero-order valence-electron chi connectivity index (χ0n) is 10.4. The lowest BCUT2D eigenvalue weighted by atomic mass is 10.3. The van der Waals surface area contributed by atoms with Crippen molar-refractivity contribution in [1.82, 2.24) is 10.5 Å². The quantitative estimate of drug-likeness (QED) is 0.830. The van der Waals surface area contributed by atoms with Gasteiger partial charge in [-0.05, 0) is 25.1 Å². The Morgan fingerprint density at radius 1 is 1.37 bits per heavy atom. The first kappa shape index (κ1) is 13.6. The van der Waals surface area contributed by atoms with E-state index in [0.717, 1.165) is 10.2 Å². The first-order valence-corrected chi connectivity index (χ1v) is 6.65. The molecular weight excluding hydrogens is 310 g/mol. The Bertz CT molecular complexity index is 569. The number of nitrogens with zero attached hydrogens (tertiary/aromatic N) is 1. The van der Waals surface area contributed by atoms with Gasteiger partial charge in [-0.25, -0.2) is 0 Å². The number of hydrogen-bond donors (Lipinski definition) is 2. The maximum Gasteiger partial charge on any atom is 0.289 e. The summed E-state index contributed by atoms with van der Waals surface area (Å²) in [5.41, 5.74) is 1.69. The summed E-state index contributed by atoms with van der Waals surface area (Å²) in [7, 11) is 0. The Morgan fingerprint density at radius 3 is 2.89 bits per heavy atom. The molecule has 19 heavy (non-hydrogen) atoms. The van der Waals surface area contributed by atoms with E-state index in [4.69, 9.17) is 4.52 Å². The van der Waals surface area contributed by atoms with Crippen LogP contribution in [0.15, 0.2) is 39.3 Å². The largest absolute Gasteiger partial charge is 0.383 e. The molecule has 1 amide bonds. The molecule has 2 aromatic rings. The smallest absolute Gasteiger partial charge is 0.289 e. The Hall–Kier alpha value is -1.82. The Morgan fingerprint density at radius 2 is 2.21 bits per heavy atom. The van der Waals surface area contributed by atoms with Gasteiger partial charge in [0.1, 0.15) is 0 Å². The minimum atomic E-state index is -0.253. The molecule has 0 atom stereocenters. The number of anilines is 1. The molecule has 0 bridgehead atoms. The summed E-state index contributed by atoms with van der Waals surface area (Å²) in [6, 6.07) is 9.45. The zero-order valence-corrected chi connectivity index (χ0v) is 12.0. The van der Waals surface area contributed by atoms with Gasteiger partial charge in [0.15, 0.2) is 0 Å². The highest BCUT2D eigenvalue weighted by molar-refractivity contribution is 9.10. The first-order valence-electron chi connectivity index (χ1n) is 5.86. The number of aryl methyl sites for hydroxylation is 1. The first-order chi connectivity index (χ1) is 9.15. The highest BCUT2D eigenvalue weighted by atomic mass is 79.9. The van der Waals surface area contributed by atoms with Crippen LogP contribution < -0.4 is 10.6 Å². The summed E-state index contributed by atoms with van der Waals surface area (Å²) in [5.74, 6) is -0.0170. The summed E-state index contributed by atoms with van der Waals surface area (Å²) in [5, 5.41) is 9.62. The van der Waals surface area contributed by atoms with Gasteiger partial charge in [-0.2, -0.15) is 0 Å². The molecule has 0 aliphatic carbocycles. The maximum absolute atomic E-state index is 11.6. The Balaban J connectivity index is 1.74. The van der Waals surface area contributed by atoms with Crippen molar-refractivity contribution in [2.75, 3.05) is 18.4 Å². The number of carbonyl (C=O) groups is 1. The highest BCUT2D eigenvalue weighted by Gasteiger charge is 2.10. The number of halogens is 1. The Labute approximate surface area is 119 Å². The van der Waals surface area contributed by atoms with Crippen LogP contribution >= 0.6 is 15.9 Å². The number of amides is 1. The van der Waals surface area contributed by atoms with Crippen LogP contribution in [-0.2, 0) is 0 Å². The fourth-order valence-corrected chi connectivity index (χ4v) is 1.94. The van der Waals surface area contributed by atoms with Crippen LogP contribution in [0.2, 0.25) is 0 Å². The van der Waals surface area contributed by atoms with E-state index in [2.05, 4.69) is 31.7 Å². The second-order valence-corrected chi connectivity index (χ2v) is 4.94. The lowest BCUT2D eigenvalue weighted by Crippen LogP contribution is -2.28. The second-order valence-electron chi connectivity index (χ2n) is 4.03. The van der Waals surface area contributed by atoms with E-state index in [0.29, 0.717) is 18.8 Å². The molecule has 0 spiro atoms. The van der Waals surface area contributed by atoms with Crippen molar-refractivity contribution in [3.8, 4) is 0 Å². The molecule has 6 heteroatoms. The molecule has 0 unspecified atom stereocenters. The third kappa shape index (κ3) is 4.10. The molecule has 0 aliphatic rings. The molecule has 1 aromatic heterocycles. The van der Waals surface area contributed by atoms with Crippen molar-refractivity contribution < 1.29 is 9.32 Å². The molecule has 2 N–H and O–H groups in total. The van der Waals surface area contributed by atoms with Crippen molar-refractivity contribution in [3.05, 3.63) is 46.3 Å². The number of aromatic nitrogens is 1. The average Bonchev–Trinajstić information content (AvgIpc) is 2.81. The van der Waals surface area contributed by atoms with Crippen LogP contribution in [0.25, 0.3) is 0 Å². The predicted octanol–water partition coefficient (Wildman–Crippen LogP) is 2.59. The molecular formula is C13H14BrN3O2. The van der Waals surface area contributed by atoms with Gasteiger partial charge in [-0.3, -0.25) is 4.79 Å². The average molecular weight is 324 g/mol. The monoisotopic (exact) mass is 323 g/mol. The third-order valence-electron chi connectivity index (χ3n) is 2.42. The third-order valence-corrected chi connectivity index (χ3v) is 2.91. The molecule has 1 aromatic carbocycles. The maximum atomic E-state index is 11.6. The van der Waals surface area contributed by atoms with E-state index >= 15 is 0 Å². The fourth-order valence-electron chi connectivity index (χ4n) is 1.54. The number of nitrogens with one attached hydrogen (secondary N) is 2. The van der Waals surface area contributed by atoms with Crippen LogP contribution in [0.1, 0.15) is 16.2 Å². The number of hydrogen-bond acceptors (Lipinski definition) is 4. The van der Waals surface area contributed by atoms with Crippen molar-refractivity contribution in [2.24, 2.45) is 0 Å². The standard InChI is InChI=1S/C13H14BrN3O2/c1-9-7-12(19-17-9)13(18)16-6-5-15-11-4-2-3-10(14)8-11/h2-4,7-8,15H,5-6H2,1H3,(H,16,18). The van der Waals surface area contributed by atoms with E-state index in [1.165, 1.54) is 0 Å². The van der Waals surface area contributed by atoms with Crippen LogP contribution in [-0.4, -0.2) is 24.2 Å². The van der Waals surface area contributed by atoms with Crippen molar-refractivity contribution in [1.29, 1.82) is 0 Å². The molecule has 0 saturated heterocycles. The number of carbonyl (C=O) groups excluding carboxylic acids is 1. The van der Waals surface area contributed by atoms with E-state index in [1.807, 2.05) is 24.3 Å². The molecule has 0 radical (unpaired) electrons. The van der Waals surface area contributed by atoms with Gasteiger partial charge in [0, 0.05) is 29.3 Å². The number of rotatable bonds is 5. The predicted molar refractivity (Wildman–Crippen MR) is 76.2 cm³/mol. The van der Waals surface area contributed by atoms with Crippen LogP contribution in [0.5, 0.6) is 0 Å². The molecule has 1 heterocycles. The van der Waals surface area contributed by atoms with Gasteiger partial charge in [0.2, 0.25) is 5.76 Å². The molecule has 100 valence electrons. The zero-order chi connectivity index (χ0) is 13.7. The summed E-state index contributed by atoms with van der Waals surface area (Å²) in [4.78, 5) is 11.6. The van der Waals surface area contributed by atoms with Gasteiger partial charge in [0.05, 0.1) is 5.69 Å². The minimum absolute atomic E-state index is 0.236. The van der Waals surface area contributed by atoms with Crippen LogP contribution in [0.3, 0.4) is 0 Å². The SMILES string of the molecule is Cc1cc(C(=O)NCCNc2cccc(Br)c2)on1.